The lowest BCUT2D eigenvalue weighted by Crippen LogP contribution is -2.32. The molecular formula is C21H23N3O3. The molecule has 140 valence electrons. The van der Waals surface area contributed by atoms with Gasteiger partial charge in [-0.1, -0.05) is 35.9 Å². The monoisotopic (exact) mass is 365 g/mol. The maximum absolute atomic E-state index is 12.5. The van der Waals surface area contributed by atoms with Crippen molar-refractivity contribution < 1.29 is 14.4 Å². The fourth-order valence-corrected chi connectivity index (χ4v) is 3.13. The normalized spacial score (nSPS) is 16.3. The molecule has 0 saturated carbocycles. The quantitative estimate of drug-likeness (QED) is 0.855. The van der Waals surface area contributed by atoms with Crippen LogP contribution in [0.2, 0.25) is 0 Å². The summed E-state index contributed by atoms with van der Waals surface area (Å²) in [5.41, 5.74) is 3.50. The molecule has 1 atom stereocenters. The number of anilines is 2. The van der Waals surface area contributed by atoms with E-state index >= 15 is 0 Å². The lowest BCUT2D eigenvalue weighted by molar-refractivity contribution is -0.126. The second-order valence-corrected chi connectivity index (χ2v) is 6.84. The maximum Gasteiger partial charge on any atom is 0.227 e. The molecule has 1 aliphatic rings. The van der Waals surface area contributed by atoms with Crippen molar-refractivity contribution in [3.8, 4) is 0 Å². The fraction of sp³-hybridized carbons (Fsp3) is 0.286. The molecule has 3 rings (SSSR count). The van der Waals surface area contributed by atoms with Crippen LogP contribution in [0.4, 0.5) is 11.4 Å². The number of rotatable bonds is 5. The first-order valence-electron chi connectivity index (χ1n) is 8.93. The lowest BCUT2D eigenvalue weighted by atomic mass is 10.1. The van der Waals surface area contributed by atoms with Gasteiger partial charge in [0.05, 0.1) is 5.92 Å². The minimum absolute atomic E-state index is 0.0922. The summed E-state index contributed by atoms with van der Waals surface area (Å²) < 4.78 is 0. The van der Waals surface area contributed by atoms with Crippen LogP contribution in [0.25, 0.3) is 0 Å². The van der Waals surface area contributed by atoms with Gasteiger partial charge in [0, 0.05) is 37.8 Å². The van der Waals surface area contributed by atoms with Crippen molar-refractivity contribution in [2.24, 2.45) is 5.92 Å². The van der Waals surface area contributed by atoms with Crippen LogP contribution in [0.1, 0.15) is 24.5 Å². The molecule has 6 heteroatoms. The van der Waals surface area contributed by atoms with Gasteiger partial charge in [0.15, 0.2) is 0 Å². The first-order valence-corrected chi connectivity index (χ1v) is 8.93. The first kappa shape index (κ1) is 18.6. The minimum Gasteiger partial charge on any atom is -0.352 e. The van der Waals surface area contributed by atoms with Crippen LogP contribution < -0.4 is 15.5 Å². The summed E-state index contributed by atoms with van der Waals surface area (Å²) in [5.74, 6) is -0.768. The van der Waals surface area contributed by atoms with Gasteiger partial charge in [-0.05, 0) is 30.7 Å². The van der Waals surface area contributed by atoms with Gasteiger partial charge in [-0.2, -0.15) is 0 Å². The number of nitrogens with zero attached hydrogens (tertiary/aromatic N) is 1. The Morgan fingerprint density at radius 1 is 1.15 bits per heavy atom. The number of hydrogen-bond donors (Lipinski definition) is 2. The zero-order valence-electron chi connectivity index (χ0n) is 15.5. The lowest BCUT2D eigenvalue weighted by Gasteiger charge is -2.18. The molecule has 6 nitrogen and oxygen atoms in total. The molecule has 1 heterocycles. The number of nitrogens with one attached hydrogen (secondary N) is 2. The maximum atomic E-state index is 12.5. The zero-order valence-corrected chi connectivity index (χ0v) is 15.5. The van der Waals surface area contributed by atoms with Gasteiger partial charge in [0.2, 0.25) is 17.7 Å². The summed E-state index contributed by atoms with van der Waals surface area (Å²) in [5, 5.41) is 5.62. The molecule has 3 amide bonds. The van der Waals surface area contributed by atoms with E-state index in [1.807, 2.05) is 31.2 Å². The van der Waals surface area contributed by atoms with Crippen molar-refractivity contribution in [3.05, 3.63) is 59.7 Å². The standard InChI is InChI=1S/C21H23N3O3/c1-14-6-8-16(9-7-14)12-22-21(27)17-10-20(26)24(13-17)19-5-3-4-18(11-19)23-15(2)25/h3-9,11,17H,10,12-13H2,1-2H3,(H,22,27)(H,23,25)/t17-/m1/s1. The van der Waals surface area contributed by atoms with Gasteiger partial charge in [0.25, 0.3) is 0 Å². The highest BCUT2D eigenvalue weighted by molar-refractivity contribution is 6.01. The van der Waals surface area contributed by atoms with E-state index in [9.17, 15) is 14.4 Å². The molecule has 0 radical (unpaired) electrons. The van der Waals surface area contributed by atoms with E-state index in [1.165, 1.54) is 12.5 Å². The fourth-order valence-electron chi connectivity index (χ4n) is 3.13. The Hall–Kier alpha value is -3.15. The average Bonchev–Trinajstić information content (AvgIpc) is 3.02. The number of carbonyl (C=O) groups excluding carboxylic acids is 3. The smallest absolute Gasteiger partial charge is 0.227 e. The summed E-state index contributed by atoms with van der Waals surface area (Å²) in [7, 11) is 0. The number of amides is 3. The van der Waals surface area contributed by atoms with Gasteiger partial charge in [-0.3, -0.25) is 14.4 Å². The Labute approximate surface area is 158 Å². The van der Waals surface area contributed by atoms with Crippen LogP contribution in [-0.2, 0) is 20.9 Å². The van der Waals surface area contributed by atoms with Crippen LogP contribution >= 0.6 is 0 Å². The SMILES string of the molecule is CC(=O)Nc1cccc(N2C[C@H](C(=O)NCc3ccc(C)cc3)CC2=O)c1. The molecule has 1 fully saturated rings. The molecule has 2 aromatic rings. The number of benzene rings is 2. The highest BCUT2D eigenvalue weighted by atomic mass is 16.2. The third-order valence-electron chi connectivity index (χ3n) is 4.56. The predicted octanol–water partition coefficient (Wildman–Crippen LogP) is 2.62. The second-order valence-electron chi connectivity index (χ2n) is 6.84. The largest absolute Gasteiger partial charge is 0.352 e. The zero-order chi connectivity index (χ0) is 19.4. The van der Waals surface area contributed by atoms with Crippen LogP contribution in [0.3, 0.4) is 0 Å². The third-order valence-corrected chi connectivity index (χ3v) is 4.56. The van der Waals surface area contributed by atoms with Crippen LogP contribution in [0.5, 0.6) is 0 Å². The molecule has 0 bridgehead atoms. The van der Waals surface area contributed by atoms with Gasteiger partial charge in [-0.25, -0.2) is 0 Å². The Bertz CT molecular complexity index is 861. The van der Waals surface area contributed by atoms with E-state index in [2.05, 4.69) is 10.6 Å². The van der Waals surface area contributed by atoms with E-state index in [4.69, 9.17) is 0 Å². The summed E-state index contributed by atoms with van der Waals surface area (Å²) in [4.78, 5) is 37.7. The second kappa shape index (κ2) is 8.03. The van der Waals surface area contributed by atoms with E-state index in [-0.39, 0.29) is 30.1 Å². The molecular weight excluding hydrogens is 342 g/mol. The van der Waals surface area contributed by atoms with E-state index in [0.717, 1.165) is 5.56 Å². The van der Waals surface area contributed by atoms with Gasteiger partial charge in [-0.15, -0.1) is 0 Å². The van der Waals surface area contributed by atoms with Crippen molar-refractivity contribution >= 4 is 29.1 Å². The number of carbonyl (C=O) groups is 3. The summed E-state index contributed by atoms with van der Waals surface area (Å²) >= 11 is 0. The van der Waals surface area contributed by atoms with Gasteiger partial charge in [0.1, 0.15) is 0 Å². The molecule has 27 heavy (non-hydrogen) atoms. The Morgan fingerprint density at radius 2 is 1.89 bits per heavy atom. The molecule has 1 aliphatic heterocycles. The Morgan fingerprint density at radius 3 is 2.59 bits per heavy atom. The van der Waals surface area contributed by atoms with E-state index in [1.54, 1.807) is 29.2 Å². The van der Waals surface area contributed by atoms with E-state index < -0.39 is 0 Å². The molecule has 0 aliphatic carbocycles. The Balaban J connectivity index is 1.62. The van der Waals surface area contributed by atoms with Crippen molar-refractivity contribution in [2.75, 3.05) is 16.8 Å². The topological polar surface area (TPSA) is 78.5 Å². The van der Waals surface area contributed by atoms with Gasteiger partial charge >= 0.3 is 0 Å². The minimum atomic E-state index is -0.382. The number of aryl methyl sites for hydroxylation is 1. The third kappa shape index (κ3) is 4.73. The Kier molecular flexibility index (Phi) is 5.54. The molecule has 0 spiro atoms. The van der Waals surface area contributed by atoms with Crippen molar-refractivity contribution in [1.29, 1.82) is 0 Å². The molecule has 0 aromatic heterocycles. The average molecular weight is 365 g/mol. The summed E-state index contributed by atoms with van der Waals surface area (Å²) in [6.07, 6.45) is 0.185. The molecule has 0 unspecified atom stereocenters. The van der Waals surface area contributed by atoms with Crippen LogP contribution in [-0.4, -0.2) is 24.3 Å². The highest BCUT2D eigenvalue weighted by Gasteiger charge is 2.35. The van der Waals surface area contributed by atoms with Crippen molar-refractivity contribution in [3.63, 3.8) is 0 Å². The molecule has 2 N–H and O–H groups in total. The van der Waals surface area contributed by atoms with E-state index in [0.29, 0.717) is 24.5 Å². The molecule has 2 aromatic carbocycles. The van der Waals surface area contributed by atoms with Crippen LogP contribution in [0.15, 0.2) is 48.5 Å². The summed E-state index contributed by atoms with van der Waals surface area (Å²) in [6.45, 7) is 4.23. The predicted molar refractivity (Wildman–Crippen MR) is 104 cm³/mol. The van der Waals surface area contributed by atoms with Crippen molar-refractivity contribution in [2.45, 2.75) is 26.8 Å². The number of hydrogen-bond acceptors (Lipinski definition) is 3. The molecule has 1 saturated heterocycles. The van der Waals surface area contributed by atoms with Crippen molar-refractivity contribution in [1.82, 2.24) is 5.32 Å². The summed E-state index contributed by atoms with van der Waals surface area (Å²) in [6, 6.07) is 15.1. The van der Waals surface area contributed by atoms with Crippen LogP contribution in [0, 0.1) is 12.8 Å². The highest BCUT2D eigenvalue weighted by Crippen LogP contribution is 2.27. The van der Waals surface area contributed by atoms with Gasteiger partial charge < -0.3 is 15.5 Å². The first-order chi connectivity index (χ1) is 12.9.